The van der Waals surface area contributed by atoms with E-state index in [1.54, 1.807) is 0 Å². The molecule has 1 aliphatic carbocycles. The van der Waals surface area contributed by atoms with Crippen LogP contribution >= 0.6 is 0 Å². The summed E-state index contributed by atoms with van der Waals surface area (Å²) in [5.74, 6) is -0.226. The minimum Gasteiger partial charge on any atom is -0.481 e. The smallest absolute Gasteiger partial charge is 0.407 e. The maximum atomic E-state index is 11.8. The summed E-state index contributed by atoms with van der Waals surface area (Å²) in [7, 11) is 0. The Bertz CT molecular complexity index is 489. The fraction of sp³-hybridized carbons (Fsp3) is 0.529. The van der Waals surface area contributed by atoms with E-state index in [1.165, 1.54) is 0 Å². The van der Waals surface area contributed by atoms with Crippen LogP contribution in [0.15, 0.2) is 30.3 Å². The fourth-order valence-corrected chi connectivity index (χ4v) is 2.94. The first kappa shape index (κ1) is 16.3. The van der Waals surface area contributed by atoms with E-state index in [0.717, 1.165) is 31.2 Å². The van der Waals surface area contributed by atoms with Gasteiger partial charge in [-0.3, -0.25) is 4.79 Å². The molecular weight excluding hydrogens is 282 g/mol. The zero-order valence-electron chi connectivity index (χ0n) is 12.7. The van der Waals surface area contributed by atoms with Crippen molar-refractivity contribution in [3.8, 4) is 0 Å². The van der Waals surface area contributed by atoms with E-state index < -0.39 is 5.97 Å². The highest BCUT2D eigenvalue weighted by atomic mass is 16.5. The van der Waals surface area contributed by atoms with E-state index in [0.29, 0.717) is 12.3 Å². The lowest BCUT2D eigenvalue weighted by Crippen LogP contribution is -2.33. The predicted octanol–water partition coefficient (Wildman–Crippen LogP) is 3.34. The number of hydrogen-bond donors (Lipinski definition) is 2. The van der Waals surface area contributed by atoms with Crippen molar-refractivity contribution < 1.29 is 19.4 Å². The summed E-state index contributed by atoms with van der Waals surface area (Å²) in [5, 5.41) is 11.5. The number of rotatable bonds is 7. The molecular formula is C17H23NO4. The van der Waals surface area contributed by atoms with Crippen molar-refractivity contribution in [2.24, 2.45) is 5.92 Å². The van der Waals surface area contributed by atoms with Crippen LogP contribution in [0.5, 0.6) is 0 Å². The Hall–Kier alpha value is -2.04. The molecule has 2 atom stereocenters. The van der Waals surface area contributed by atoms with Crippen LogP contribution in [0.4, 0.5) is 4.79 Å². The molecule has 0 aromatic heterocycles. The number of ether oxygens (including phenoxy) is 1. The maximum absolute atomic E-state index is 11.8. The first-order valence-corrected chi connectivity index (χ1v) is 7.82. The molecule has 2 rings (SSSR count). The Morgan fingerprint density at radius 2 is 2.00 bits per heavy atom. The second-order valence-corrected chi connectivity index (χ2v) is 5.87. The number of carboxylic acids is 1. The number of benzene rings is 1. The minimum atomic E-state index is -0.739. The Morgan fingerprint density at radius 1 is 1.23 bits per heavy atom. The van der Waals surface area contributed by atoms with Gasteiger partial charge in [0.15, 0.2) is 0 Å². The van der Waals surface area contributed by atoms with E-state index in [-0.39, 0.29) is 25.2 Å². The summed E-state index contributed by atoms with van der Waals surface area (Å²) >= 11 is 0. The van der Waals surface area contributed by atoms with Crippen LogP contribution in [0.1, 0.15) is 44.1 Å². The molecule has 2 N–H and O–H groups in total. The molecule has 22 heavy (non-hydrogen) atoms. The molecule has 1 fully saturated rings. The number of aliphatic carboxylic acids is 1. The molecule has 0 spiro atoms. The van der Waals surface area contributed by atoms with Gasteiger partial charge in [0.25, 0.3) is 0 Å². The molecule has 1 saturated carbocycles. The molecule has 120 valence electrons. The van der Waals surface area contributed by atoms with Crippen LogP contribution in [-0.2, 0) is 16.1 Å². The number of nitrogens with one attached hydrogen (secondary N) is 1. The van der Waals surface area contributed by atoms with Crippen LogP contribution in [-0.4, -0.2) is 23.2 Å². The third kappa shape index (κ3) is 5.76. The van der Waals surface area contributed by atoms with Gasteiger partial charge in [-0.2, -0.15) is 0 Å². The van der Waals surface area contributed by atoms with Crippen LogP contribution in [0.3, 0.4) is 0 Å². The molecule has 0 bridgehead atoms. The number of amides is 1. The summed E-state index contributed by atoms with van der Waals surface area (Å²) in [6.07, 6.45) is 4.39. The highest BCUT2D eigenvalue weighted by Crippen LogP contribution is 2.29. The minimum absolute atomic E-state index is 0.151. The predicted molar refractivity (Wildman–Crippen MR) is 82.4 cm³/mol. The van der Waals surface area contributed by atoms with Crippen LogP contribution in [0, 0.1) is 5.92 Å². The SMILES string of the molecule is O=C(O)CCCC1CCC(NC(=O)OCc2ccccc2)C1. The molecule has 1 aliphatic rings. The van der Waals surface area contributed by atoms with Gasteiger partial charge < -0.3 is 15.2 Å². The van der Waals surface area contributed by atoms with E-state index in [2.05, 4.69) is 5.32 Å². The van der Waals surface area contributed by atoms with Crippen molar-refractivity contribution >= 4 is 12.1 Å². The highest BCUT2D eigenvalue weighted by molar-refractivity contribution is 5.67. The second-order valence-electron chi connectivity index (χ2n) is 5.87. The first-order chi connectivity index (χ1) is 10.6. The average molecular weight is 305 g/mol. The van der Waals surface area contributed by atoms with E-state index >= 15 is 0 Å². The van der Waals surface area contributed by atoms with Crippen molar-refractivity contribution in [2.45, 2.75) is 51.2 Å². The van der Waals surface area contributed by atoms with Crippen molar-refractivity contribution in [3.05, 3.63) is 35.9 Å². The normalized spacial score (nSPS) is 20.5. The third-order valence-corrected chi connectivity index (χ3v) is 4.08. The van der Waals surface area contributed by atoms with Gasteiger partial charge in [0, 0.05) is 12.5 Å². The van der Waals surface area contributed by atoms with Gasteiger partial charge >= 0.3 is 12.1 Å². The van der Waals surface area contributed by atoms with E-state index in [1.807, 2.05) is 30.3 Å². The number of hydrogen-bond acceptors (Lipinski definition) is 3. The van der Waals surface area contributed by atoms with Crippen molar-refractivity contribution in [3.63, 3.8) is 0 Å². The average Bonchev–Trinajstić information content (AvgIpc) is 2.93. The number of carbonyl (C=O) groups excluding carboxylic acids is 1. The summed E-state index contributed by atoms with van der Waals surface area (Å²) < 4.78 is 5.21. The van der Waals surface area contributed by atoms with Gasteiger partial charge in [-0.1, -0.05) is 30.3 Å². The molecule has 0 aliphatic heterocycles. The molecule has 5 nitrogen and oxygen atoms in total. The largest absolute Gasteiger partial charge is 0.481 e. The van der Waals surface area contributed by atoms with Gasteiger partial charge in [0.05, 0.1) is 0 Å². The molecule has 2 unspecified atom stereocenters. The fourth-order valence-electron chi connectivity index (χ4n) is 2.94. The summed E-state index contributed by atoms with van der Waals surface area (Å²) in [6.45, 7) is 0.279. The Balaban J connectivity index is 1.62. The summed E-state index contributed by atoms with van der Waals surface area (Å²) in [6, 6.07) is 9.73. The zero-order chi connectivity index (χ0) is 15.8. The maximum Gasteiger partial charge on any atom is 0.407 e. The van der Waals surface area contributed by atoms with Crippen molar-refractivity contribution in [1.29, 1.82) is 0 Å². The molecule has 0 saturated heterocycles. The van der Waals surface area contributed by atoms with Gasteiger partial charge in [-0.25, -0.2) is 4.79 Å². The summed E-state index contributed by atoms with van der Waals surface area (Å²) in [4.78, 5) is 22.3. The first-order valence-electron chi connectivity index (χ1n) is 7.82. The topological polar surface area (TPSA) is 75.6 Å². The lowest BCUT2D eigenvalue weighted by molar-refractivity contribution is -0.137. The highest BCUT2D eigenvalue weighted by Gasteiger charge is 2.26. The Morgan fingerprint density at radius 3 is 2.73 bits per heavy atom. The van der Waals surface area contributed by atoms with Crippen molar-refractivity contribution in [2.75, 3.05) is 0 Å². The van der Waals surface area contributed by atoms with Gasteiger partial charge in [0.1, 0.15) is 6.61 Å². The monoisotopic (exact) mass is 305 g/mol. The second kappa shape index (κ2) is 8.41. The molecule has 1 amide bonds. The zero-order valence-corrected chi connectivity index (χ0v) is 12.7. The molecule has 1 aromatic carbocycles. The number of carbonyl (C=O) groups is 2. The van der Waals surface area contributed by atoms with Crippen LogP contribution < -0.4 is 5.32 Å². The number of alkyl carbamates (subject to hydrolysis) is 1. The van der Waals surface area contributed by atoms with E-state index in [4.69, 9.17) is 9.84 Å². The molecule has 1 aromatic rings. The van der Waals surface area contributed by atoms with Gasteiger partial charge in [-0.15, -0.1) is 0 Å². The third-order valence-electron chi connectivity index (χ3n) is 4.08. The van der Waals surface area contributed by atoms with Gasteiger partial charge in [-0.05, 0) is 43.6 Å². The molecule has 5 heteroatoms. The van der Waals surface area contributed by atoms with Gasteiger partial charge in [0.2, 0.25) is 0 Å². The lowest BCUT2D eigenvalue weighted by Gasteiger charge is -2.13. The van der Waals surface area contributed by atoms with Crippen LogP contribution in [0.2, 0.25) is 0 Å². The molecule has 0 radical (unpaired) electrons. The van der Waals surface area contributed by atoms with E-state index in [9.17, 15) is 9.59 Å². The molecule has 0 heterocycles. The van der Waals surface area contributed by atoms with Crippen molar-refractivity contribution in [1.82, 2.24) is 5.32 Å². The summed E-state index contributed by atoms with van der Waals surface area (Å²) in [5.41, 5.74) is 0.968. The quantitative estimate of drug-likeness (QED) is 0.810. The Kier molecular flexibility index (Phi) is 6.25. The number of carboxylic acid groups (broad SMARTS) is 1. The lowest BCUT2D eigenvalue weighted by atomic mass is 10.0. The standard InChI is InChI=1S/C17H23NO4/c19-16(20)8-4-7-13-9-10-15(11-13)18-17(21)22-12-14-5-2-1-3-6-14/h1-3,5-6,13,15H,4,7-12H2,(H,18,21)(H,19,20). The van der Waals surface area contributed by atoms with Crippen LogP contribution in [0.25, 0.3) is 0 Å². The Labute approximate surface area is 130 Å².